The Kier molecular flexibility index (Phi) is 7.21. The molecular weight excluding hydrogens is 351 g/mol. The monoisotopic (exact) mass is 376 g/mol. The molecule has 1 aromatic rings. The zero-order chi connectivity index (χ0) is 19.2. The van der Waals surface area contributed by atoms with E-state index in [1.165, 1.54) is 12.1 Å². The van der Waals surface area contributed by atoms with Crippen molar-refractivity contribution >= 4 is 0 Å². The van der Waals surface area contributed by atoms with Crippen LogP contribution in [0.4, 0.5) is 22.0 Å². The first-order valence-corrected chi connectivity index (χ1v) is 8.98. The second kappa shape index (κ2) is 8.98. The van der Waals surface area contributed by atoms with Crippen LogP contribution in [0.5, 0.6) is 0 Å². The molecule has 1 saturated carbocycles. The number of benzene rings is 1. The van der Waals surface area contributed by atoms with E-state index in [0.717, 1.165) is 50.7 Å². The number of ether oxygens (including phenoxy) is 1. The normalized spacial score (nSPS) is 21.6. The quantitative estimate of drug-likeness (QED) is 0.351. The summed E-state index contributed by atoms with van der Waals surface area (Å²) >= 11 is 0. The van der Waals surface area contributed by atoms with Gasteiger partial charge in [0, 0.05) is 6.42 Å². The Morgan fingerprint density at radius 3 is 2.08 bits per heavy atom. The van der Waals surface area contributed by atoms with Crippen molar-refractivity contribution in [2.75, 3.05) is 0 Å². The van der Waals surface area contributed by atoms with Crippen LogP contribution in [-0.4, -0.2) is 6.11 Å². The fourth-order valence-electron chi connectivity index (χ4n) is 3.45. The van der Waals surface area contributed by atoms with Crippen molar-refractivity contribution in [3.8, 4) is 0 Å². The Hall–Kier alpha value is -1.43. The molecule has 1 fully saturated rings. The van der Waals surface area contributed by atoms with E-state index < -0.39 is 24.5 Å². The van der Waals surface area contributed by atoms with Gasteiger partial charge in [-0.25, -0.2) is 0 Å². The van der Waals surface area contributed by atoms with Crippen molar-refractivity contribution in [2.45, 2.75) is 63.8 Å². The van der Waals surface area contributed by atoms with E-state index in [0.29, 0.717) is 11.5 Å². The van der Waals surface area contributed by atoms with E-state index in [4.69, 9.17) is 4.74 Å². The summed E-state index contributed by atoms with van der Waals surface area (Å²) in [5, 5.41) is 0. The molecule has 0 spiro atoms. The highest BCUT2D eigenvalue weighted by molar-refractivity contribution is 5.24. The van der Waals surface area contributed by atoms with Gasteiger partial charge in [-0.3, -0.25) is 0 Å². The number of hydrogen-bond acceptors (Lipinski definition) is 1. The van der Waals surface area contributed by atoms with Gasteiger partial charge in [0.15, 0.2) is 0 Å². The molecular formula is C20H25F5O. The number of hydrogen-bond donors (Lipinski definition) is 0. The van der Waals surface area contributed by atoms with Gasteiger partial charge >= 0.3 is 12.3 Å². The number of alkyl halides is 5. The number of halogens is 5. The predicted octanol–water partition coefficient (Wildman–Crippen LogP) is 6.98. The van der Waals surface area contributed by atoms with Gasteiger partial charge in [0.05, 0.1) is 12.2 Å². The van der Waals surface area contributed by atoms with Gasteiger partial charge < -0.3 is 4.74 Å². The van der Waals surface area contributed by atoms with E-state index in [1.54, 1.807) is 0 Å². The summed E-state index contributed by atoms with van der Waals surface area (Å²) in [6.45, 7) is 3.30. The molecule has 1 aromatic carbocycles. The lowest BCUT2D eigenvalue weighted by Gasteiger charge is -2.30. The van der Waals surface area contributed by atoms with Crippen LogP contribution in [0.1, 0.15) is 56.1 Å². The largest absolute Gasteiger partial charge is 0.416 e. The summed E-state index contributed by atoms with van der Waals surface area (Å²) < 4.78 is 70.3. The molecule has 146 valence electrons. The van der Waals surface area contributed by atoms with Crippen molar-refractivity contribution in [3.63, 3.8) is 0 Å². The number of allylic oxidation sites excluding steroid dienone is 1. The van der Waals surface area contributed by atoms with E-state index in [1.807, 2.05) is 6.08 Å². The highest BCUT2D eigenvalue weighted by atomic mass is 19.4. The molecule has 0 bridgehead atoms. The van der Waals surface area contributed by atoms with E-state index in [9.17, 15) is 22.0 Å². The third-order valence-corrected chi connectivity index (χ3v) is 5.00. The van der Waals surface area contributed by atoms with Crippen LogP contribution in [0.15, 0.2) is 36.9 Å². The molecule has 0 aliphatic heterocycles. The highest BCUT2D eigenvalue weighted by Gasteiger charge is 2.35. The van der Waals surface area contributed by atoms with Crippen molar-refractivity contribution in [1.29, 1.82) is 0 Å². The molecule has 2 rings (SSSR count). The Balaban J connectivity index is 1.77. The fraction of sp³-hybridized carbons (Fsp3) is 0.600. The van der Waals surface area contributed by atoms with Gasteiger partial charge in [-0.2, -0.15) is 22.0 Å². The molecule has 0 amide bonds. The minimum absolute atomic E-state index is 0.0717. The molecule has 1 aliphatic rings. The van der Waals surface area contributed by atoms with Gasteiger partial charge in [0.2, 0.25) is 0 Å². The Labute approximate surface area is 151 Å². The Morgan fingerprint density at radius 2 is 1.54 bits per heavy atom. The molecule has 0 radical (unpaired) electrons. The average molecular weight is 376 g/mol. The van der Waals surface area contributed by atoms with Crippen LogP contribution >= 0.6 is 0 Å². The summed E-state index contributed by atoms with van der Waals surface area (Å²) in [5.41, 5.74) is -0.507. The van der Waals surface area contributed by atoms with Crippen LogP contribution in [0.3, 0.4) is 0 Å². The Bertz CT molecular complexity index is 557. The minimum Gasteiger partial charge on any atom is -0.316 e. The maximum Gasteiger partial charge on any atom is 0.416 e. The summed E-state index contributed by atoms with van der Waals surface area (Å²) in [6.07, 6.45) is -0.686. The third kappa shape index (κ3) is 6.71. The minimum atomic E-state index is -4.44. The molecule has 6 heteroatoms. The van der Waals surface area contributed by atoms with E-state index >= 15 is 0 Å². The van der Waals surface area contributed by atoms with Gasteiger partial charge in [0.1, 0.15) is 0 Å². The van der Waals surface area contributed by atoms with E-state index in [-0.39, 0.29) is 12.3 Å². The standard InChI is InChI=1S/C20H25F5O/c1-2-3-4-15-5-7-16(8-6-15)13-19(21,22)26-14-17-9-11-18(12-10-17)20(23,24)25/h2,9-12,15-16H,1,3-8,13-14H2/t15-,16-. The summed E-state index contributed by atoms with van der Waals surface area (Å²) in [6, 6.07) is 4.09. The van der Waals surface area contributed by atoms with Gasteiger partial charge in [-0.15, -0.1) is 6.58 Å². The summed E-state index contributed by atoms with van der Waals surface area (Å²) in [4.78, 5) is 0. The number of rotatable bonds is 8. The first-order chi connectivity index (χ1) is 12.2. The van der Waals surface area contributed by atoms with Gasteiger partial charge in [-0.05, 0) is 55.2 Å². The maximum absolute atomic E-state index is 14.0. The smallest absolute Gasteiger partial charge is 0.316 e. The third-order valence-electron chi connectivity index (χ3n) is 5.00. The van der Waals surface area contributed by atoms with Crippen LogP contribution < -0.4 is 0 Å². The van der Waals surface area contributed by atoms with Crippen molar-refractivity contribution < 1.29 is 26.7 Å². The molecule has 0 atom stereocenters. The molecule has 0 saturated heterocycles. The lowest BCUT2D eigenvalue weighted by Crippen LogP contribution is -2.27. The second-order valence-electron chi connectivity index (χ2n) is 7.08. The first-order valence-electron chi connectivity index (χ1n) is 8.98. The topological polar surface area (TPSA) is 9.23 Å². The van der Waals surface area contributed by atoms with Gasteiger partial charge in [-0.1, -0.05) is 31.1 Å². The maximum atomic E-state index is 14.0. The van der Waals surface area contributed by atoms with Crippen LogP contribution in [0.2, 0.25) is 0 Å². The van der Waals surface area contributed by atoms with Crippen molar-refractivity contribution in [1.82, 2.24) is 0 Å². The predicted molar refractivity (Wildman–Crippen MR) is 90.7 cm³/mol. The van der Waals surface area contributed by atoms with Crippen LogP contribution in [0, 0.1) is 11.8 Å². The van der Waals surface area contributed by atoms with E-state index in [2.05, 4.69) is 6.58 Å². The molecule has 0 unspecified atom stereocenters. The zero-order valence-electron chi connectivity index (χ0n) is 14.7. The molecule has 26 heavy (non-hydrogen) atoms. The molecule has 0 N–H and O–H groups in total. The molecule has 1 aliphatic carbocycles. The fourth-order valence-corrected chi connectivity index (χ4v) is 3.45. The Morgan fingerprint density at radius 1 is 0.962 bits per heavy atom. The SMILES string of the molecule is C=CCC[C@H]1CC[C@H](CC(F)(F)OCc2ccc(C(F)(F)F)cc2)CC1. The van der Waals surface area contributed by atoms with Crippen molar-refractivity contribution in [3.05, 3.63) is 48.0 Å². The highest BCUT2D eigenvalue weighted by Crippen LogP contribution is 2.38. The second-order valence-corrected chi connectivity index (χ2v) is 7.08. The summed E-state index contributed by atoms with van der Waals surface area (Å²) in [5.74, 6) is 0.517. The van der Waals surface area contributed by atoms with Crippen LogP contribution in [0.25, 0.3) is 0 Å². The van der Waals surface area contributed by atoms with Gasteiger partial charge in [0.25, 0.3) is 0 Å². The zero-order valence-corrected chi connectivity index (χ0v) is 14.7. The lowest BCUT2D eigenvalue weighted by atomic mass is 9.78. The average Bonchev–Trinajstić information content (AvgIpc) is 2.59. The van der Waals surface area contributed by atoms with Crippen molar-refractivity contribution in [2.24, 2.45) is 11.8 Å². The molecule has 0 aromatic heterocycles. The lowest BCUT2D eigenvalue weighted by molar-refractivity contribution is -0.256. The molecule has 1 nitrogen and oxygen atoms in total. The first kappa shape index (κ1) is 20.9. The molecule has 0 heterocycles. The summed E-state index contributed by atoms with van der Waals surface area (Å²) in [7, 11) is 0. The van der Waals surface area contributed by atoms with Crippen LogP contribution in [-0.2, 0) is 17.5 Å².